The number of amides is 2. The van der Waals surface area contributed by atoms with Crippen molar-refractivity contribution in [3.63, 3.8) is 0 Å². The van der Waals surface area contributed by atoms with Crippen molar-refractivity contribution in [2.24, 2.45) is 11.7 Å². The molecule has 1 aliphatic heterocycles. The summed E-state index contributed by atoms with van der Waals surface area (Å²) in [6.45, 7) is 2.34. The van der Waals surface area contributed by atoms with Crippen molar-refractivity contribution in [1.82, 2.24) is 9.80 Å². The number of carbonyl (C=O) groups excluding carboxylic acids is 2. The number of nitrogens with two attached hydrogens (primary N) is 1. The summed E-state index contributed by atoms with van der Waals surface area (Å²) in [5, 5.41) is 0. The first-order valence-corrected chi connectivity index (χ1v) is 6.99. The van der Waals surface area contributed by atoms with E-state index >= 15 is 0 Å². The third-order valence-electron chi connectivity index (χ3n) is 4.15. The molecule has 2 rings (SSSR count). The zero-order valence-corrected chi connectivity index (χ0v) is 11.5. The van der Waals surface area contributed by atoms with Crippen molar-refractivity contribution < 1.29 is 14.3 Å². The average Bonchev–Trinajstić information content (AvgIpc) is 2.46. The van der Waals surface area contributed by atoms with Gasteiger partial charge in [-0.3, -0.25) is 4.79 Å². The number of ether oxygens (including phenoxy) is 1. The number of rotatable bonds is 1. The molecule has 2 N–H and O–H groups in total. The summed E-state index contributed by atoms with van der Waals surface area (Å²) < 4.78 is 4.68. The number of hydrogen-bond donors (Lipinski definition) is 1. The highest BCUT2D eigenvalue weighted by atomic mass is 16.5. The Labute approximate surface area is 113 Å². The third-order valence-corrected chi connectivity index (χ3v) is 4.15. The standard InChI is InChI=1S/C13H23N3O3/c1-19-13(18)16-8-6-15(7-9-16)12(17)10-2-4-11(14)5-3-10/h10-11H,2-9,14H2,1H3/t10-,11-. The summed E-state index contributed by atoms with van der Waals surface area (Å²) in [5.74, 6) is 0.362. The molecule has 2 fully saturated rings. The van der Waals surface area contributed by atoms with Crippen molar-refractivity contribution >= 4 is 12.0 Å². The lowest BCUT2D eigenvalue weighted by atomic mass is 9.85. The molecule has 2 amide bonds. The van der Waals surface area contributed by atoms with Gasteiger partial charge in [-0.2, -0.15) is 0 Å². The molecule has 0 unspecified atom stereocenters. The van der Waals surface area contributed by atoms with Crippen LogP contribution in [-0.2, 0) is 9.53 Å². The zero-order chi connectivity index (χ0) is 13.8. The monoisotopic (exact) mass is 269 g/mol. The first-order valence-electron chi connectivity index (χ1n) is 6.99. The largest absolute Gasteiger partial charge is 0.453 e. The van der Waals surface area contributed by atoms with E-state index in [1.807, 2.05) is 4.90 Å². The Bertz CT molecular complexity index is 332. The smallest absolute Gasteiger partial charge is 0.409 e. The van der Waals surface area contributed by atoms with E-state index in [2.05, 4.69) is 4.74 Å². The summed E-state index contributed by atoms with van der Waals surface area (Å²) >= 11 is 0. The van der Waals surface area contributed by atoms with Gasteiger partial charge in [0.2, 0.25) is 5.91 Å². The molecule has 0 aromatic rings. The van der Waals surface area contributed by atoms with Crippen LogP contribution in [0.15, 0.2) is 0 Å². The molecule has 0 atom stereocenters. The average molecular weight is 269 g/mol. The molecule has 2 aliphatic rings. The Morgan fingerprint density at radius 2 is 1.53 bits per heavy atom. The van der Waals surface area contributed by atoms with Crippen LogP contribution >= 0.6 is 0 Å². The van der Waals surface area contributed by atoms with Gasteiger partial charge in [0, 0.05) is 38.1 Å². The number of piperazine rings is 1. The van der Waals surface area contributed by atoms with Gasteiger partial charge in [-0.05, 0) is 25.7 Å². The van der Waals surface area contributed by atoms with E-state index in [1.165, 1.54) is 7.11 Å². The second kappa shape index (κ2) is 6.23. The van der Waals surface area contributed by atoms with E-state index in [4.69, 9.17) is 5.73 Å². The maximum Gasteiger partial charge on any atom is 0.409 e. The fourth-order valence-electron chi connectivity index (χ4n) is 2.86. The molecule has 1 heterocycles. The van der Waals surface area contributed by atoms with Gasteiger partial charge in [0.1, 0.15) is 0 Å². The van der Waals surface area contributed by atoms with Crippen LogP contribution in [0.4, 0.5) is 4.79 Å². The fraction of sp³-hybridized carbons (Fsp3) is 0.846. The predicted octanol–water partition coefficient (Wildman–Crippen LogP) is 0.415. The summed E-state index contributed by atoms with van der Waals surface area (Å²) in [6.07, 6.45) is 3.38. The van der Waals surface area contributed by atoms with Crippen molar-refractivity contribution in [3.8, 4) is 0 Å². The quantitative estimate of drug-likeness (QED) is 0.748. The zero-order valence-electron chi connectivity index (χ0n) is 11.5. The maximum absolute atomic E-state index is 12.4. The minimum absolute atomic E-state index is 0.129. The highest BCUT2D eigenvalue weighted by molar-refractivity contribution is 5.79. The van der Waals surface area contributed by atoms with Crippen LogP contribution < -0.4 is 5.73 Å². The Balaban J connectivity index is 1.81. The van der Waals surface area contributed by atoms with Gasteiger partial charge in [0.25, 0.3) is 0 Å². The van der Waals surface area contributed by atoms with Crippen molar-refractivity contribution in [1.29, 1.82) is 0 Å². The molecule has 1 saturated heterocycles. The van der Waals surface area contributed by atoms with Gasteiger partial charge < -0.3 is 20.3 Å². The topological polar surface area (TPSA) is 75.9 Å². The number of hydrogen-bond acceptors (Lipinski definition) is 4. The first-order chi connectivity index (χ1) is 9.11. The molecule has 0 bridgehead atoms. The number of methoxy groups -OCH3 is 1. The predicted molar refractivity (Wildman–Crippen MR) is 70.5 cm³/mol. The third kappa shape index (κ3) is 3.37. The van der Waals surface area contributed by atoms with Crippen LogP contribution in [0, 0.1) is 5.92 Å². The van der Waals surface area contributed by atoms with E-state index in [1.54, 1.807) is 4.90 Å². The van der Waals surface area contributed by atoms with Crippen LogP contribution in [0.3, 0.4) is 0 Å². The van der Waals surface area contributed by atoms with Gasteiger partial charge >= 0.3 is 6.09 Å². The summed E-state index contributed by atoms with van der Waals surface area (Å²) in [6, 6.07) is 0.264. The lowest BCUT2D eigenvalue weighted by Gasteiger charge is -2.37. The minimum atomic E-state index is -0.310. The van der Waals surface area contributed by atoms with E-state index in [0.29, 0.717) is 26.2 Å². The molecular formula is C13H23N3O3. The molecule has 6 heteroatoms. The number of carbonyl (C=O) groups is 2. The van der Waals surface area contributed by atoms with E-state index in [-0.39, 0.29) is 24.0 Å². The van der Waals surface area contributed by atoms with Crippen LogP contribution in [0.5, 0.6) is 0 Å². The Hall–Kier alpha value is -1.30. The molecule has 1 saturated carbocycles. The van der Waals surface area contributed by atoms with Gasteiger partial charge in [-0.25, -0.2) is 4.79 Å². The minimum Gasteiger partial charge on any atom is -0.453 e. The molecule has 0 spiro atoms. The first kappa shape index (κ1) is 14.1. The normalized spacial score (nSPS) is 28.1. The van der Waals surface area contributed by atoms with Crippen LogP contribution in [0.1, 0.15) is 25.7 Å². The summed E-state index contributed by atoms with van der Waals surface area (Å²) in [5.41, 5.74) is 5.86. The Morgan fingerprint density at radius 1 is 1.00 bits per heavy atom. The van der Waals surface area contributed by atoms with E-state index in [9.17, 15) is 9.59 Å². The Morgan fingerprint density at radius 3 is 2.05 bits per heavy atom. The van der Waals surface area contributed by atoms with Crippen LogP contribution in [0.2, 0.25) is 0 Å². The lowest BCUT2D eigenvalue weighted by molar-refractivity contribution is -0.138. The van der Waals surface area contributed by atoms with Crippen LogP contribution in [-0.4, -0.2) is 61.1 Å². The van der Waals surface area contributed by atoms with Gasteiger partial charge in [0.05, 0.1) is 7.11 Å². The fourth-order valence-corrected chi connectivity index (χ4v) is 2.86. The number of nitrogens with zero attached hydrogens (tertiary/aromatic N) is 2. The van der Waals surface area contributed by atoms with Crippen molar-refractivity contribution in [2.75, 3.05) is 33.3 Å². The molecule has 108 valence electrons. The van der Waals surface area contributed by atoms with Crippen molar-refractivity contribution in [3.05, 3.63) is 0 Å². The van der Waals surface area contributed by atoms with Gasteiger partial charge in [0.15, 0.2) is 0 Å². The van der Waals surface area contributed by atoms with Gasteiger partial charge in [-0.15, -0.1) is 0 Å². The SMILES string of the molecule is COC(=O)N1CCN(C(=O)[C@H]2CC[C@H](N)CC2)CC1. The van der Waals surface area contributed by atoms with E-state index < -0.39 is 0 Å². The molecule has 6 nitrogen and oxygen atoms in total. The van der Waals surface area contributed by atoms with E-state index in [0.717, 1.165) is 25.7 Å². The Kier molecular flexibility index (Phi) is 4.63. The molecule has 0 aromatic carbocycles. The summed E-state index contributed by atoms with van der Waals surface area (Å²) in [7, 11) is 1.38. The molecule has 19 heavy (non-hydrogen) atoms. The van der Waals surface area contributed by atoms with Crippen molar-refractivity contribution in [2.45, 2.75) is 31.7 Å². The second-order valence-corrected chi connectivity index (χ2v) is 5.39. The lowest BCUT2D eigenvalue weighted by Crippen LogP contribution is -2.52. The maximum atomic E-state index is 12.4. The highest BCUT2D eigenvalue weighted by Crippen LogP contribution is 2.25. The molecule has 0 radical (unpaired) electrons. The van der Waals surface area contributed by atoms with Gasteiger partial charge in [-0.1, -0.05) is 0 Å². The summed E-state index contributed by atoms with van der Waals surface area (Å²) in [4.78, 5) is 27.2. The second-order valence-electron chi connectivity index (χ2n) is 5.39. The molecule has 1 aliphatic carbocycles. The molecule has 0 aromatic heterocycles. The molecular weight excluding hydrogens is 246 g/mol. The highest BCUT2D eigenvalue weighted by Gasteiger charge is 2.31. The van der Waals surface area contributed by atoms with Crippen LogP contribution in [0.25, 0.3) is 0 Å².